The van der Waals surface area contributed by atoms with E-state index in [0.29, 0.717) is 17.4 Å². The maximum absolute atomic E-state index is 12.6. The maximum Gasteiger partial charge on any atom is 0.272 e. The van der Waals surface area contributed by atoms with Crippen LogP contribution in [-0.2, 0) is 0 Å². The minimum atomic E-state index is -0.0163. The molecule has 0 radical (unpaired) electrons. The summed E-state index contributed by atoms with van der Waals surface area (Å²) in [5.74, 6) is 1.29. The van der Waals surface area contributed by atoms with Crippen LogP contribution in [0.3, 0.4) is 0 Å². The molecule has 2 aromatic rings. The molecule has 6 heteroatoms. The quantitative estimate of drug-likeness (QED) is 0.857. The summed E-state index contributed by atoms with van der Waals surface area (Å²) in [6.07, 6.45) is 3.55. The smallest absolute Gasteiger partial charge is 0.272 e. The van der Waals surface area contributed by atoms with E-state index in [9.17, 15) is 4.79 Å². The van der Waals surface area contributed by atoms with Gasteiger partial charge < -0.3 is 10.2 Å². The van der Waals surface area contributed by atoms with Crippen LogP contribution in [0.2, 0.25) is 0 Å². The lowest BCUT2D eigenvalue weighted by atomic mass is 9.99. The van der Waals surface area contributed by atoms with E-state index in [1.165, 1.54) is 11.9 Å². The second-order valence-corrected chi connectivity index (χ2v) is 7.21. The number of amides is 1. The molecular weight excluding hydrogens is 368 g/mol. The number of nitrogens with zero attached hydrogens (tertiary/aromatic N) is 3. The highest BCUT2D eigenvalue weighted by Gasteiger charge is 2.22. The minimum Gasteiger partial charge on any atom is -0.340 e. The molecule has 0 unspecified atom stereocenters. The van der Waals surface area contributed by atoms with Crippen molar-refractivity contribution < 1.29 is 4.79 Å². The predicted molar refractivity (Wildman–Crippen MR) is 98.5 cm³/mol. The van der Waals surface area contributed by atoms with Gasteiger partial charge in [0.15, 0.2) is 0 Å². The molecule has 0 saturated carbocycles. The van der Waals surface area contributed by atoms with Crippen LogP contribution in [0.5, 0.6) is 0 Å². The predicted octanol–water partition coefficient (Wildman–Crippen LogP) is 4.16. The standard InChI is InChI=1S/C18H21BrN4O/c1-12-5-7-23(8-6-12)18(24)16-10-17(21-11-20-16)22-14-4-3-13(2)15(19)9-14/h3-4,9-12H,5-8H2,1-2H3,(H,20,21,22). The van der Waals surface area contributed by atoms with Gasteiger partial charge in [0.25, 0.3) is 5.91 Å². The molecule has 0 atom stereocenters. The van der Waals surface area contributed by atoms with E-state index in [4.69, 9.17) is 0 Å². The molecule has 0 aliphatic carbocycles. The fourth-order valence-electron chi connectivity index (χ4n) is 2.73. The average Bonchev–Trinajstić information content (AvgIpc) is 2.58. The molecule has 1 aliphatic rings. The Hall–Kier alpha value is -1.95. The number of benzene rings is 1. The van der Waals surface area contributed by atoms with Gasteiger partial charge in [-0.25, -0.2) is 9.97 Å². The number of hydrogen-bond acceptors (Lipinski definition) is 4. The Balaban J connectivity index is 1.73. The van der Waals surface area contributed by atoms with E-state index in [1.807, 2.05) is 30.0 Å². The number of carbonyl (C=O) groups excluding carboxylic acids is 1. The molecule has 1 aromatic carbocycles. The van der Waals surface area contributed by atoms with Crippen LogP contribution in [0, 0.1) is 12.8 Å². The first kappa shape index (κ1) is 16.9. The van der Waals surface area contributed by atoms with E-state index in [1.54, 1.807) is 6.07 Å². The van der Waals surface area contributed by atoms with Crippen molar-refractivity contribution in [1.82, 2.24) is 14.9 Å². The zero-order valence-electron chi connectivity index (χ0n) is 13.9. The summed E-state index contributed by atoms with van der Waals surface area (Å²) in [6, 6.07) is 7.71. The molecule has 3 rings (SSSR count). The topological polar surface area (TPSA) is 58.1 Å². The zero-order chi connectivity index (χ0) is 17.1. The molecule has 0 bridgehead atoms. The van der Waals surface area contributed by atoms with Crippen molar-refractivity contribution in [2.24, 2.45) is 5.92 Å². The summed E-state index contributed by atoms with van der Waals surface area (Å²) in [6.45, 7) is 5.87. The molecule has 1 N–H and O–H groups in total. The summed E-state index contributed by atoms with van der Waals surface area (Å²) in [7, 11) is 0. The lowest BCUT2D eigenvalue weighted by Gasteiger charge is -2.30. The van der Waals surface area contributed by atoms with Gasteiger partial charge in [0, 0.05) is 29.3 Å². The number of halogens is 1. The fourth-order valence-corrected chi connectivity index (χ4v) is 3.11. The first-order valence-corrected chi connectivity index (χ1v) is 8.97. The van der Waals surface area contributed by atoms with Crippen LogP contribution in [0.1, 0.15) is 35.8 Å². The van der Waals surface area contributed by atoms with Crippen LogP contribution in [0.25, 0.3) is 0 Å². The Labute approximate surface area is 150 Å². The van der Waals surface area contributed by atoms with Crippen molar-refractivity contribution in [2.75, 3.05) is 18.4 Å². The highest BCUT2D eigenvalue weighted by Crippen LogP contribution is 2.23. The normalized spacial score (nSPS) is 15.4. The van der Waals surface area contributed by atoms with E-state index in [2.05, 4.69) is 38.1 Å². The first-order chi connectivity index (χ1) is 11.5. The van der Waals surface area contributed by atoms with Gasteiger partial charge in [-0.2, -0.15) is 0 Å². The number of carbonyl (C=O) groups is 1. The zero-order valence-corrected chi connectivity index (χ0v) is 15.5. The van der Waals surface area contributed by atoms with Crippen molar-refractivity contribution in [2.45, 2.75) is 26.7 Å². The molecule has 1 saturated heterocycles. The highest BCUT2D eigenvalue weighted by molar-refractivity contribution is 9.10. The van der Waals surface area contributed by atoms with Crippen LogP contribution in [0.4, 0.5) is 11.5 Å². The molecule has 1 fully saturated rings. The largest absolute Gasteiger partial charge is 0.340 e. The molecule has 1 amide bonds. The Kier molecular flexibility index (Phi) is 5.14. The number of anilines is 2. The van der Waals surface area contributed by atoms with Gasteiger partial charge in [-0.05, 0) is 43.4 Å². The number of likely N-dealkylation sites (tertiary alicyclic amines) is 1. The van der Waals surface area contributed by atoms with Gasteiger partial charge in [0.05, 0.1) is 0 Å². The molecule has 1 aromatic heterocycles. The Bertz CT molecular complexity index is 742. The first-order valence-electron chi connectivity index (χ1n) is 8.17. The SMILES string of the molecule is Cc1ccc(Nc2cc(C(=O)N3CCC(C)CC3)ncn2)cc1Br. The molecule has 5 nitrogen and oxygen atoms in total. The number of aromatic nitrogens is 2. The van der Waals surface area contributed by atoms with Crippen LogP contribution in [0.15, 0.2) is 35.1 Å². The molecule has 1 aliphatic heterocycles. The molecule has 24 heavy (non-hydrogen) atoms. The van der Waals surface area contributed by atoms with Crippen molar-refractivity contribution in [3.05, 3.63) is 46.3 Å². The second kappa shape index (κ2) is 7.30. The van der Waals surface area contributed by atoms with Crippen LogP contribution < -0.4 is 5.32 Å². The molecule has 2 heterocycles. The van der Waals surface area contributed by atoms with E-state index >= 15 is 0 Å². The summed E-state index contributed by atoms with van der Waals surface area (Å²) < 4.78 is 1.03. The summed E-state index contributed by atoms with van der Waals surface area (Å²) >= 11 is 3.52. The van der Waals surface area contributed by atoms with E-state index in [0.717, 1.165) is 36.1 Å². The minimum absolute atomic E-state index is 0.0163. The van der Waals surface area contributed by atoms with Gasteiger partial charge in [0.2, 0.25) is 0 Å². The average molecular weight is 389 g/mol. The molecule has 126 valence electrons. The lowest BCUT2D eigenvalue weighted by molar-refractivity contribution is 0.0691. The van der Waals surface area contributed by atoms with Gasteiger partial charge >= 0.3 is 0 Å². The number of hydrogen-bond donors (Lipinski definition) is 1. The van der Waals surface area contributed by atoms with Gasteiger partial charge in [0.1, 0.15) is 17.8 Å². The molecule has 0 spiro atoms. The number of rotatable bonds is 3. The van der Waals surface area contributed by atoms with Crippen molar-refractivity contribution in [3.63, 3.8) is 0 Å². The van der Waals surface area contributed by atoms with Crippen LogP contribution in [-0.4, -0.2) is 33.9 Å². The fraction of sp³-hybridized carbons (Fsp3) is 0.389. The summed E-state index contributed by atoms with van der Waals surface area (Å²) in [5.41, 5.74) is 2.52. The third kappa shape index (κ3) is 3.93. The second-order valence-electron chi connectivity index (χ2n) is 6.35. The van der Waals surface area contributed by atoms with Crippen molar-refractivity contribution in [1.29, 1.82) is 0 Å². The molecular formula is C18H21BrN4O. The monoisotopic (exact) mass is 388 g/mol. The third-order valence-corrected chi connectivity index (χ3v) is 5.26. The highest BCUT2D eigenvalue weighted by atomic mass is 79.9. The lowest BCUT2D eigenvalue weighted by Crippen LogP contribution is -2.38. The summed E-state index contributed by atoms with van der Waals surface area (Å²) in [5, 5.41) is 3.23. The van der Waals surface area contributed by atoms with Crippen molar-refractivity contribution >= 4 is 33.3 Å². The van der Waals surface area contributed by atoms with Crippen molar-refractivity contribution in [3.8, 4) is 0 Å². The maximum atomic E-state index is 12.6. The van der Waals surface area contributed by atoms with Gasteiger partial charge in [-0.3, -0.25) is 4.79 Å². The number of piperidine rings is 1. The number of aryl methyl sites for hydroxylation is 1. The Morgan fingerprint density at radius 2 is 2.00 bits per heavy atom. The van der Waals surface area contributed by atoms with Gasteiger partial charge in [-0.1, -0.05) is 28.9 Å². The van der Waals surface area contributed by atoms with Gasteiger partial charge in [-0.15, -0.1) is 0 Å². The van der Waals surface area contributed by atoms with E-state index in [-0.39, 0.29) is 5.91 Å². The Morgan fingerprint density at radius 1 is 1.25 bits per heavy atom. The summed E-state index contributed by atoms with van der Waals surface area (Å²) in [4.78, 5) is 22.9. The Morgan fingerprint density at radius 3 is 2.71 bits per heavy atom. The van der Waals surface area contributed by atoms with Crippen LogP contribution >= 0.6 is 15.9 Å². The number of nitrogens with one attached hydrogen (secondary N) is 1. The third-order valence-electron chi connectivity index (χ3n) is 4.40. The van der Waals surface area contributed by atoms with E-state index < -0.39 is 0 Å².